The fourth-order valence-electron chi connectivity index (χ4n) is 1.78. The van der Waals surface area contributed by atoms with Crippen LogP contribution >= 0.6 is 0 Å². The molecule has 0 aliphatic carbocycles. The van der Waals surface area contributed by atoms with Crippen LogP contribution in [0.15, 0.2) is 28.7 Å². The lowest BCUT2D eigenvalue weighted by molar-refractivity contribution is 0.0681. The minimum absolute atomic E-state index is 0.465. The SMILES string of the molecule is CNC(=CC(=N)N1CCOCC1)N=C1C=C(C)N1. The zero-order valence-electron chi connectivity index (χ0n) is 10.8. The van der Waals surface area contributed by atoms with Crippen molar-refractivity contribution in [1.29, 1.82) is 5.41 Å². The molecule has 2 rings (SSSR count). The smallest absolute Gasteiger partial charge is 0.134 e. The molecule has 2 aliphatic heterocycles. The molecule has 0 aromatic rings. The average Bonchev–Trinajstić information content (AvgIpc) is 2.36. The third-order valence-corrected chi connectivity index (χ3v) is 2.80. The monoisotopic (exact) mass is 249 g/mol. The molecule has 1 fully saturated rings. The van der Waals surface area contributed by atoms with Gasteiger partial charge in [-0.05, 0) is 13.0 Å². The molecule has 0 atom stereocenters. The van der Waals surface area contributed by atoms with E-state index in [0.717, 1.165) is 24.6 Å². The Balaban J connectivity index is 2.00. The largest absolute Gasteiger partial charge is 0.378 e. The van der Waals surface area contributed by atoms with Crippen molar-refractivity contribution < 1.29 is 4.74 Å². The van der Waals surface area contributed by atoms with Gasteiger partial charge in [-0.25, -0.2) is 4.99 Å². The van der Waals surface area contributed by atoms with E-state index in [1.807, 2.05) is 17.9 Å². The van der Waals surface area contributed by atoms with Crippen molar-refractivity contribution in [3.8, 4) is 0 Å². The first-order chi connectivity index (χ1) is 8.69. The Labute approximate surface area is 107 Å². The molecular formula is C12H19N5O. The van der Waals surface area contributed by atoms with Crippen LogP contribution in [0.2, 0.25) is 0 Å². The summed E-state index contributed by atoms with van der Waals surface area (Å²) >= 11 is 0. The first kappa shape index (κ1) is 12.6. The molecule has 0 bridgehead atoms. The maximum atomic E-state index is 8.02. The zero-order valence-corrected chi connectivity index (χ0v) is 10.8. The van der Waals surface area contributed by atoms with E-state index in [4.69, 9.17) is 10.1 Å². The summed E-state index contributed by atoms with van der Waals surface area (Å²) in [7, 11) is 1.80. The van der Waals surface area contributed by atoms with Crippen molar-refractivity contribution in [2.24, 2.45) is 4.99 Å². The lowest BCUT2D eigenvalue weighted by atomic mass is 10.3. The van der Waals surface area contributed by atoms with E-state index in [-0.39, 0.29) is 0 Å². The number of aliphatic imine (C=N–C) groups is 1. The fourth-order valence-corrected chi connectivity index (χ4v) is 1.78. The van der Waals surface area contributed by atoms with Crippen LogP contribution in [0, 0.1) is 5.41 Å². The Morgan fingerprint density at radius 3 is 2.78 bits per heavy atom. The van der Waals surface area contributed by atoms with E-state index in [9.17, 15) is 0 Å². The van der Waals surface area contributed by atoms with Gasteiger partial charge in [-0.2, -0.15) is 0 Å². The number of ether oxygens (including phenoxy) is 1. The van der Waals surface area contributed by atoms with Gasteiger partial charge >= 0.3 is 0 Å². The van der Waals surface area contributed by atoms with Gasteiger partial charge in [0.05, 0.1) is 13.2 Å². The first-order valence-corrected chi connectivity index (χ1v) is 6.04. The Bertz CT molecular complexity index is 418. The number of amidine groups is 2. The maximum absolute atomic E-state index is 8.02. The van der Waals surface area contributed by atoms with Crippen molar-refractivity contribution >= 4 is 11.7 Å². The molecule has 98 valence electrons. The van der Waals surface area contributed by atoms with Crippen molar-refractivity contribution in [3.63, 3.8) is 0 Å². The summed E-state index contributed by atoms with van der Waals surface area (Å²) in [5, 5.41) is 14.1. The summed E-state index contributed by atoms with van der Waals surface area (Å²) in [6.07, 6.45) is 3.70. The molecule has 0 spiro atoms. The van der Waals surface area contributed by atoms with Crippen LogP contribution in [0.5, 0.6) is 0 Å². The highest BCUT2D eigenvalue weighted by Gasteiger charge is 2.13. The fraction of sp³-hybridized carbons (Fsp3) is 0.500. The van der Waals surface area contributed by atoms with Crippen LogP contribution < -0.4 is 10.6 Å². The predicted molar refractivity (Wildman–Crippen MR) is 71.6 cm³/mol. The second-order valence-corrected chi connectivity index (χ2v) is 4.21. The van der Waals surface area contributed by atoms with Gasteiger partial charge in [0, 0.05) is 31.9 Å². The van der Waals surface area contributed by atoms with Crippen LogP contribution in [0.3, 0.4) is 0 Å². The Morgan fingerprint density at radius 2 is 2.22 bits per heavy atom. The normalized spacial score (nSPS) is 22.1. The summed E-state index contributed by atoms with van der Waals surface area (Å²) < 4.78 is 5.26. The number of hydrogen-bond donors (Lipinski definition) is 3. The van der Waals surface area contributed by atoms with Crippen LogP contribution in [0.25, 0.3) is 0 Å². The zero-order chi connectivity index (χ0) is 13.0. The van der Waals surface area contributed by atoms with Crippen LogP contribution in [-0.2, 0) is 4.74 Å². The molecule has 6 heteroatoms. The van der Waals surface area contributed by atoms with Gasteiger partial charge in [0.2, 0.25) is 0 Å². The van der Waals surface area contributed by atoms with Gasteiger partial charge in [-0.3, -0.25) is 5.41 Å². The van der Waals surface area contributed by atoms with E-state index in [2.05, 4.69) is 15.6 Å². The highest BCUT2D eigenvalue weighted by atomic mass is 16.5. The second kappa shape index (κ2) is 5.68. The van der Waals surface area contributed by atoms with Gasteiger partial charge in [-0.1, -0.05) is 0 Å². The first-order valence-electron chi connectivity index (χ1n) is 6.04. The second-order valence-electron chi connectivity index (χ2n) is 4.21. The minimum Gasteiger partial charge on any atom is -0.378 e. The Morgan fingerprint density at radius 1 is 1.56 bits per heavy atom. The van der Waals surface area contributed by atoms with Crippen LogP contribution in [0.1, 0.15) is 6.92 Å². The number of rotatable bonds is 3. The van der Waals surface area contributed by atoms with Gasteiger partial charge in [0.1, 0.15) is 17.5 Å². The molecule has 1 saturated heterocycles. The summed E-state index contributed by atoms with van der Waals surface area (Å²) in [6.45, 7) is 4.88. The number of nitrogens with one attached hydrogen (secondary N) is 3. The van der Waals surface area contributed by atoms with Crippen LogP contribution in [0.4, 0.5) is 0 Å². The van der Waals surface area contributed by atoms with Crippen LogP contribution in [-0.4, -0.2) is 49.9 Å². The van der Waals surface area contributed by atoms with Gasteiger partial charge in [0.25, 0.3) is 0 Å². The highest BCUT2D eigenvalue weighted by molar-refractivity contribution is 6.01. The molecule has 0 unspecified atom stereocenters. The third-order valence-electron chi connectivity index (χ3n) is 2.80. The van der Waals surface area contributed by atoms with E-state index < -0.39 is 0 Å². The number of morpholine rings is 1. The van der Waals surface area contributed by atoms with Gasteiger partial charge in [-0.15, -0.1) is 0 Å². The molecular weight excluding hydrogens is 230 g/mol. The Hall–Kier alpha value is -1.82. The van der Waals surface area contributed by atoms with Gasteiger partial charge < -0.3 is 20.3 Å². The molecule has 18 heavy (non-hydrogen) atoms. The predicted octanol–water partition coefficient (Wildman–Crippen LogP) is 0.262. The lowest BCUT2D eigenvalue weighted by Gasteiger charge is -2.27. The highest BCUT2D eigenvalue weighted by Crippen LogP contribution is 2.05. The molecule has 2 aliphatic rings. The summed E-state index contributed by atoms with van der Waals surface area (Å²) in [5.41, 5.74) is 1.10. The van der Waals surface area contributed by atoms with E-state index in [1.165, 1.54) is 0 Å². The van der Waals surface area contributed by atoms with E-state index in [1.54, 1.807) is 13.1 Å². The molecule has 0 saturated carbocycles. The lowest BCUT2D eigenvalue weighted by Crippen LogP contribution is -2.40. The summed E-state index contributed by atoms with van der Waals surface area (Å²) in [4.78, 5) is 6.35. The topological polar surface area (TPSA) is 72.7 Å². The maximum Gasteiger partial charge on any atom is 0.134 e. The molecule has 2 heterocycles. The molecule has 0 radical (unpaired) electrons. The third kappa shape index (κ3) is 3.10. The molecule has 6 nitrogen and oxygen atoms in total. The molecule has 0 aromatic carbocycles. The Kier molecular flexibility index (Phi) is 3.99. The van der Waals surface area contributed by atoms with E-state index in [0.29, 0.717) is 24.9 Å². The minimum atomic E-state index is 0.465. The molecule has 3 N–H and O–H groups in total. The van der Waals surface area contributed by atoms with Crippen molar-refractivity contribution in [3.05, 3.63) is 23.7 Å². The van der Waals surface area contributed by atoms with Gasteiger partial charge in [0.15, 0.2) is 0 Å². The summed E-state index contributed by atoms with van der Waals surface area (Å²) in [5.74, 6) is 1.97. The van der Waals surface area contributed by atoms with Crippen molar-refractivity contribution in [2.75, 3.05) is 33.4 Å². The van der Waals surface area contributed by atoms with Crippen molar-refractivity contribution in [1.82, 2.24) is 15.5 Å². The van der Waals surface area contributed by atoms with E-state index >= 15 is 0 Å². The van der Waals surface area contributed by atoms with Crippen molar-refractivity contribution in [2.45, 2.75) is 6.92 Å². The number of hydrogen-bond acceptors (Lipinski definition) is 4. The number of nitrogens with zero attached hydrogens (tertiary/aromatic N) is 2. The number of allylic oxidation sites excluding steroid dienone is 1. The quantitative estimate of drug-likeness (QED) is 0.495. The molecule has 0 amide bonds. The average molecular weight is 249 g/mol. The summed E-state index contributed by atoms with van der Waals surface area (Å²) in [6, 6.07) is 0. The standard InChI is InChI=1S/C12H19N5O/c1-9-7-12(15-9)16-11(14-2)8-10(13)17-3-5-18-6-4-17/h7-8,13-14H,3-6H2,1-2H3,(H,15,16). The molecule has 0 aromatic heterocycles.